The lowest BCUT2D eigenvalue weighted by molar-refractivity contribution is -0.147. The zero-order chi connectivity index (χ0) is 16.7. The molecule has 0 bridgehead atoms. The van der Waals surface area contributed by atoms with Gasteiger partial charge in [0.15, 0.2) is 0 Å². The number of carbonyl (C=O) groups excluding carboxylic acids is 1. The van der Waals surface area contributed by atoms with Crippen LogP contribution in [0.25, 0.3) is 0 Å². The first-order chi connectivity index (χ1) is 11.0. The Labute approximate surface area is 140 Å². The van der Waals surface area contributed by atoms with Gasteiger partial charge in [0.1, 0.15) is 18.8 Å². The zero-order valence-electron chi connectivity index (χ0n) is 12.1. The third-order valence-electron chi connectivity index (χ3n) is 2.90. The number of halogens is 1. The first-order valence-corrected chi connectivity index (χ1v) is 7.97. The Bertz CT molecular complexity index is 666. The Morgan fingerprint density at radius 1 is 1.13 bits per heavy atom. The SMILES string of the molecule is NC(CC(=O)OCc1ccccc1)(Oc1ccc(Cl)cc1)P=O. The fourth-order valence-electron chi connectivity index (χ4n) is 1.79. The highest BCUT2D eigenvalue weighted by Gasteiger charge is 2.32. The van der Waals surface area contributed by atoms with Gasteiger partial charge in [-0.2, -0.15) is 0 Å². The summed E-state index contributed by atoms with van der Waals surface area (Å²) >= 11 is 5.78. The number of hydrogen-bond acceptors (Lipinski definition) is 5. The molecule has 0 radical (unpaired) electrons. The molecule has 0 spiro atoms. The largest absolute Gasteiger partial charge is 0.461 e. The monoisotopic (exact) mass is 351 g/mol. The van der Waals surface area contributed by atoms with Gasteiger partial charge in [-0.3, -0.25) is 15.1 Å². The molecule has 0 aromatic heterocycles. The summed E-state index contributed by atoms with van der Waals surface area (Å²) in [6.45, 7) is 0.118. The molecule has 120 valence electrons. The quantitative estimate of drug-likeness (QED) is 0.467. The molecule has 0 aliphatic carbocycles. The predicted octanol–water partition coefficient (Wildman–Crippen LogP) is 3.76. The second kappa shape index (κ2) is 8.06. The van der Waals surface area contributed by atoms with Crippen molar-refractivity contribution in [1.29, 1.82) is 0 Å². The number of rotatable bonds is 7. The lowest BCUT2D eigenvalue weighted by atomic mass is 10.2. The molecule has 23 heavy (non-hydrogen) atoms. The second-order valence-corrected chi connectivity index (χ2v) is 6.19. The normalized spacial score (nSPS) is 13.3. The van der Waals surface area contributed by atoms with Gasteiger partial charge < -0.3 is 9.47 Å². The maximum Gasteiger partial charge on any atom is 0.312 e. The maximum atomic E-state index is 11.9. The predicted molar refractivity (Wildman–Crippen MR) is 87.5 cm³/mol. The minimum Gasteiger partial charge on any atom is -0.461 e. The fraction of sp³-hybridized carbons (Fsp3) is 0.188. The molecule has 7 heteroatoms. The van der Waals surface area contributed by atoms with Crippen LogP contribution in [-0.2, 0) is 20.7 Å². The minimum atomic E-state index is -1.69. The van der Waals surface area contributed by atoms with Gasteiger partial charge in [-0.1, -0.05) is 41.9 Å². The molecule has 2 aromatic rings. The Morgan fingerprint density at radius 3 is 2.39 bits per heavy atom. The first kappa shape index (κ1) is 17.4. The molecular formula is C16H15ClNO4P. The summed E-state index contributed by atoms with van der Waals surface area (Å²) in [6.07, 6.45) is -0.354. The summed E-state index contributed by atoms with van der Waals surface area (Å²) in [7, 11) is -0.523. The van der Waals surface area contributed by atoms with E-state index in [0.717, 1.165) is 5.56 Å². The van der Waals surface area contributed by atoms with E-state index >= 15 is 0 Å². The number of nitrogens with two attached hydrogens (primary N) is 1. The summed E-state index contributed by atoms with van der Waals surface area (Å²) in [5.74, 6) is -0.246. The van der Waals surface area contributed by atoms with E-state index in [9.17, 15) is 9.36 Å². The van der Waals surface area contributed by atoms with Crippen molar-refractivity contribution in [3.63, 3.8) is 0 Å². The maximum absolute atomic E-state index is 11.9. The summed E-state index contributed by atoms with van der Waals surface area (Å²) in [4.78, 5) is 11.9. The van der Waals surface area contributed by atoms with Gasteiger partial charge in [-0.15, -0.1) is 0 Å². The molecule has 0 heterocycles. The highest BCUT2D eigenvalue weighted by atomic mass is 35.5. The molecule has 1 unspecified atom stereocenters. The van der Waals surface area contributed by atoms with E-state index in [2.05, 4.69) is 0 Å². The van der Waals surface area contributed by atoms with Crippen molar-refractivity contribution in [3.05, 3.63) is 65.2 Å². The van der Waals surface area contributed by atoms with Crippen molar-refractivity contribution in [2.75, 3.05) is 0 Å². The zero-order valence-corrected chi connectivity index (χ0v) is 13.8. The van der Waals surface area contributed by atoms with Gasteiger partial charge in [0.25, 0.3) is 0 Å². The van der Waals surface area contributed by atoms with Crippen LogP contribution in [0.4, 0.5) is 0 Å². The Morgan fingerprint density at radius 2 is 1.78 bits per heavy atom. The molecular weight excluding hydrogens is 337 g/mol. The van der Waals surface area contributed by atoms with Gasteiger partial charge in [0, 0.05) is 5.02 Å². The Hall–Kier alpha value is -1.94. The topological polar surface area (TPSA) is 78.6 Å². The van der Waals surface area contributed by atoms with E-state index in [1.54, 1.807) is 24.3 Å². The van der Waals surface area contributed by atoms with Gasteiger partial charge in [-0.25, -0.2) is 0 Å². The molecule has 5 nitrogen and oxygen atoms in total. The van der Waals surface area contributed by atoms with Gasteiger partial charge >= 0.3 is 5.97 Å². The summed E-state index contributed by atoms with van der Waals surface area (Å²) in [6, 6.07) is 15.6. The van der Waals surface area contributed by atoms with E-state index in [1.165, 1.54) is 0 Å². The van der Waals surface area contributed by atoms with Crippen LogP contribution in [0.5, 0.6) is 5.75 Å². The number of carbonyl (C=O) groups is 1. The minimum absolute atomic E-state index is 0.118. The van der Waals surface area contributed by atoms with Crippen LogP contribution in [0.1, 0.15) is 12.0 Å². The number of ether oxygens (including phenoxy) is 2. The van der Waals surface area contributed by atoms with Crippen LogP contribution in [0.15, 0.2) is 54.6 Å². The number of hydrogen-bond donors (Lipinski definition) is 1. The van der Waals surface area contributed by atoms with Crippen LogP contribution < -0.4 is 10.5 Å². The lowest BCUT2D eigenvalue weighted by Gasteiger charge is -2.22. The third kappa shape index (κ3) is 5.64. The summed E-state index contributed by atoms with van der Waals surface area (Å²) in [5.41, 5.74) is 5.01. The Kier molecular flexibility index (Phi) is 6.11. The summed E-state index contributed by atoms with van der Waals surface area (Å²) < 4.78 is 21.9. The number of benzene rings is 2. The molecule has 2 aromatic carbocycles. The van der Waals surface area contributed by atoms with Crippen LogP contribution in [0.3, 0.4) is 0 Å². The van der Waals surface area contributed by atoms with Crippen LogP contribution in [0.2, 0.25) is 5.02 Å². The molecule has 0 saturated carbocycles. The van der Waals surface area contributed by atoms with E-state index in [0.29, 0.717) is 10.8 Å². The van der Waals surface area contributed by atoms with Gasteiger partial charge in [-0.05, 0) is 29.8 Å². The Balaban J connectivity index is 1.92. The van der Waals surface area contributed by atoms with Crippen molar-refractivity contribution < 1.29 is 18.8 Å². The lowest BCUT2D eigenvalue weighted by Crippen LogP contribution is -2.42. The van der Waals surface area contributed by atoms with E-state index in [1.807, 2.05) is 30.3 Å². The van der Waals surface area contributed by atoms with E-state index in [-0.39, 0.29) is 13.0 Å². The molecule has 0 aliphatic heterocycles. The van der Waals surface area contributed by atoms with Gasteiger partial charge in [0.2, 0.25) is 13.9 Å². The average molecular weight is 352 g/mol. The standard InChI is InChI=1S/C16H15ClNO4P/c17-13-6-8-14(9-7-13)22-16(18,23-20)10-15(19)21-11-12-4-2-1-3-5-12/h1-9H,10-11,18H2. The second-order valence-electron chi connectivity index (χ2n) is 4.82. The van der Waals surface area contributed by atoms with Crippen LogP contribution in [0, 0.1) is 0 Å². The van der Waals surface area contributed by atoms with Crippen molar-refractivity contribution >= 4 is 26.0 Å². The number of esters is 1. The van der Waals surface area contributed by atoms with Crippen LogP contribution >= 0.6 is 20.1 Å². The molecule has 0 saturated heterocycles. The highest BCUT2D eigenvalue weighted by Crippen LogP contribution is 2.27. The molecule has 2 rings (SSSR count). The first-order valence-electron chi connectivity index (χ1n) is 6.78. The average Bonchev–Trinajstić information content (AvgIpc) is 2.56. The molecule has 0 aliphatic rings. The van der Waals surface area contributed by atoms with Crippen molar-refractivity contribution in [3.8, 4) is 5.75 Å². The van der Waals surface area contributed by atoms with E-state index < -0.39 is 19.9 Å². The van der Waals surface area contributed by atoms with Crippen molar-refractivity contribution in [2.45, 2.75) is 18.5 Å². The third-order valence-corrected chi connectivity index (χ3v) is 3.71. The highest BCUT2D eigenvalue weighted by molar-refractivity contribution is 7.25. The van der Waals surface area contributed by atoms with Crippen LogP contribution in [-0.4, -0.2) is 11.4 Å². The van der Waals surface area contributed by atoms with Crippen molar-refractivity contribution in [2.24, 2.45) is 5.73 Å². The smallest absolute Gasteiger partial charge is 0.312 e. The van der Waals surface area contributed by atoms with Crippen molar-refractivity contribution in [1.82, 2.24) is 0 Å². The summed E-state index contributed by atoms with van der Waals surface area (Å²) in [5, 5.41) is 0.530. The fourth-order valence-corrected chi connectivity index (χ4v) is 2.25. The molecule has 0 amide bonds. The molecule has 2 N–H and O–H groups in total. The van der Waals surface area contributed by atoms with Gasteiger partial charge in [0.05, 0.1) is 0 Å². The van der Waals surface area contributed by atoms with E-state index in [4.69, 9.17) is 26.8 Å². The molecule has 1 atom stereocenters. The molecule has 0 fully saturated rings.